The molecule has 0 spiro atoms. The van der Waals surface area contributed by atoms with Gasteiger partial charge in [-0.2, -0.15) is 0 Å². The fourth-order valence-corrected chi connectivity index (χ4v) is 2.79. The molecule has 0 radical (unpaired) electrons. The zero-order valence-corrected chi connectivity index (χ0v) is 12.0. The van der Waals surface area contributed by atoms with Gasteiger partial charge in [-0.3, -0.25) is 9.59 Å². The highest BCUT2D eigenvalue weighted by Gasteiger charge is 2.18. The van der Waals surface area contributed by atoms with Crippen LogP contribution < -0.4 is 0 Å². The number of aromatic nitrogens is 1. The molecule has 0 aromatic carbocycles. The Kier molecular flexibility index (Phi) is 4.57. The molecule has 0 aliphatic heterocycles. The molecular formula is C14H16N2O3S. The Morgan fingerprint density at radius 2 is 2.05 bits per heavy atom. The molecule has 0 aliphatic rings. The fraction of sp³-hybridized carbons (Fsp3) is 0.286. The van der Waals surface area contributed by atoms with Crippen molar-refractivity contribution in [3.63, 3.8) is 0 Å². The number of hydrogen-bond acceptors (Lipinski definition) is 3. The van der Waals surface area contributed by atoms with Crippen LogP contribution >= 0.6 is 11.3 Å². The number of nitrogens with zero attached hydrogens (tertiary/aromatic N) is 2. The summed E-state index contributed by atoms with van der Waals surface area (Å²) in [6.45, 7) is 0.439. The van der Waals surface area contributed by atoms with Crippen molar-refractivity contribution >= 4 is 23.2 Å². The average molecular weight is 292 g/mol. The quantitative estimate of drug-likeness (QED) is 0.889. The number of carboxylic acids is 1. The van der Waals surface area contributed by atoms with Crippen molar-refractivity contribution in [3.05, 3.63) is 40.8 Å². The molecule has 0 atom stereocenters. The van der Waals surface area contributed by atoms with E-state index in [2.05, 4.69) is 0 Å². The smallest absolute Gasteiger partial charge is 0.303 e. The summed E-state index contributed by atoms with van der Waals surface area (Å²) in [4.78, 5) is 25.1. The topological polar surface area (TPSA) is 62.5 Å². The highest BCUT2D eigenvalue weighted by molar-refractivity contribution is 7.12. The van der Waals surface area contributed by atoms with Gasteiger partial charge in [-0.15, -0.1) is 11.3 Å². The van der Waals surface area contributed by atoms with Crippen LogP contribution in [-0.4, -0.2) is 40.0 Å². The summed E-state index contributed by atoms with van der Waals surface area (Å²) >= 11 is 1.40. The number of thiophene rings is 1. The number of rotatable bonds is 6. The molecule has 0 unspecified atom stereocenters. The molecule has 0 saturated carbocycles. The first kappa shape index (κ1) is 14.3. The number of carboxylic acid groups (broad SMARTS) is 1. The Morgan fingerprint density at radius 3 is 2.70 bits per heavy atom. The normalized spacial score (nSPS) is 10.4. The first-order valence-electron chi connectivity index (χ1n) is 6.27. The van der Waals surface area contributed by atoms with E-state index in [1.54, 1.807) is 11.9 Å². The third-order valence-corrected chi connectivity index (χ3v) is 3.84. The first-order chi connectivity index (χ1) is 9.59. The lowest BCUT2D eigenvalue weighted by Gasteiger charge is -2.16. The lowest BCUT2D eigenvalue weighted by molar-refractivity contribution is -0.137. The van der Waals surface area contributed by atoms with Crippen LogP contribution in [0.15, 0.2) is 36.0 Å². The third-order valence-electron chi connectivity index (χ3n) is 2.95. The second-order valence-corrected chi connectivity index (χ2v) is 5.37. The van der Waals surface area contributed by atoms with Crippen molar-refractivity contribution in [1.29, 1.82) is 0 Å². The zero-order chi connectivity index (χ0) is 14.5. The van der Waals surface area contributed by atoms with Gasteiger partial charge in [-0.25, -0.2) is 0 Å². The van der Waals surface area contributed by atoms with Crippen LogP contribution in [0.4, 0.5) is 0 Å². The maximum atomic E-state index is 12.4. The van der Waals surface area contributed by atoms with Crippen LogP contribution in [0.1, 0.15) is 22.5 Å². The second kappa shape index (κ2) is 6.38. The number of amides is 1. The van der Waals surface area contributed by atoms with Crippen LogP contribution in [-0.2, 0) is 4.79 Å². The van der Waals surface area contributed by atoms with E-state index in [0.717, 1.165) is 5.69 Å². The Morgan fingerprint density at radius 1 is 1.35 bits per heavy atom. The minimum absolute atomic E-state index is 0.0749. The molecule has 1 amide bonds. The maximum Gasteiger partial charge on any atom is 0.303 e. The van der Waals surface area contributed by atoms with Crippen molar-refractivity contribution < 1.29 is 14.7 Å². The van der Waals surface area contributed by atoms with Gasteiger partial charge in [0.05, 0.1) is 5.69 Å². The van der Waals surface area contributed by atoms with Gasteiger partial charge in [-0.05, 0) is 30.0 Å². The lowest BCUT2D eigenvalue weighted by atomic mass is 10.3. The minimum atomic E-state index is -0.838. The Labute approximate surface area is 121 Å². The standard InChI is InChI=1S/C14H16N2O3S/c1-15(7-4-5-12(17)18)14(19)13-11(6-10-20-13)16-8-2-3-9-16/h2-3,6,8-10H,4-5,7H2,1H3,(H,17,18). The van der Waals surface area contributed by atoms with Crippen molar-refractivity contribution in [2.24, 2.45) is 0 Å². The van der Waals surface area contributed by atoms with Crippen LogP contribution in [0.2, 0.25) is 0 Å². The van der Waals surface area contributed by atoms with E-state index in [1.807, 2.05) is 40.5 Å². The van der Waals surface area contributed by atoms with Gasteiger partial charge in [0.25, 0.3) is 5.91 Å². The van der Waals surface area contributed by atoms with E-state index >= 15 is 0 Å². The molecule has 5 nitrogen and oxygen atoms in total. The summed E-state index contributed by atoms with van der Waals surface area (Å²) < 4.78 is 1.90. The molecule has 0 saturated heterocycles. The van der Waals surface area contributed by atoms with E-state index < -0.39 is 5.97 Å². The fourth-order valence-electron chi connectivity index (χ4n) is 1.90. The van der Waals surface area contributed by atoms with Crippen LogP contribution in [0.3, 0.4) is 0 Å². The van der Waals surface area contributed by atoms with Gasteiger partial charge >= 0.3 is 5.97 Å². The summed E-state index contributed by atoms with van der Waals surface area (Å²) in [5.41, 5.74) is 0.857. The predicted molar refractivity (Wildman–Crippen MR) is 77.5 cm³/mol. The summed E-state index contributed by atoms with van der Waals surface area (Å²) in [6, 6.07) is 5.72. The van der Waals surface area contributed by atoms with Crippen molar-refractivity contribution in [2.75, 3.05) is 13.6 Å². The highest BCUT2D eigenvalue weighted by atomic mass is 32.1. The summed E-state index contributed by atoms with van der Waals surface area (Å²) in [5.74, 6) is -0.913. The molecule has 0 fully saturated rings. The van der Waals surface area contributed by atoms with Crippen LogP contribution in [0.5, 0.6) is 0 Å². The molecule has 1 N–H and O–H groups in total. The predicted octanol–water partition coefficient (Wildman–Crippen LogP) is 2.48. The number of carbonyl (C=O) groups is 2. The highest BCUT2D eigenvalue weighted by Crippen LogP contribution is 2.22. The van der Waals surface area contributed by atoms with Gasteiger partial charge < -0.3 is 14.6 Å². The Bertz CT molecular complexity index is 589. The van der Waals surface area contributed by atoms with E-state index in [0.29, 0.717) is 17.8 Å². The molecule has 0 aliphatic carbocycles. The number of aliphatic carboxylic acids is 1. The van der Waals surface area contributed by atoms with Gasteiger partial charge in [-0.1, -0.05) is 0 Å². The Balaban J connectivity index is 2.06. The molecule has 0 bridgehead atoms. The molecule has 106 valence electrons. The third kappa shape index (κ3) is 3.27. The SMILES string of the molecule is CN(CCCC(=O)O)C(=O)c1sccc1-n1cccc1. The molecule has 2 aromatic heterocycles. The second-order valence-electron chi connectivity index (χ2n) is 4.45. The molecule has 2 heterocycles. The van der Waals surface area contributed by atoms with Crippen molar-refractivity contribution in [3.8, 4) is 5.69 Å². The molecule has 2 rings (SSSR count). The molecule has 20 heavy (non-hydrogen) atoms. The zero-order valence-electron chi connectivity index (χ0n) is 11.2. The lowest BCUT2D eigenvalue weighted by Crippen LogP contribution is -2.28. The van der Waals surface area contributed by atoms with Crippen LogP contribution in [0.25, 0.3) is 5.69 Å². The molecule has 2 aromatic rings. The maximum absolute atomic E-state index is 12.4. The van der Waals surface area contributed by atoms with E-state index in [1.165, 1.54) is 11.3 Å². The summed E-state index contributed by atoms with van der Waals surface area (Å²) in [5, 5.41) is 10.5. The number of carbonyl (C=O) groups excluding carboxylic acids is 1. The summed E-state index contributed by atoms with van der Waals surface area (Å²) in [7, 11) is 1.70. The first-order valence-corrected chi connectivity index (χ1v) is 7.15. The Hall–Kier alpha value is -2.08. The number of hydrogen-bond donors (Lipinski definition) is 1. The van der Waals surface area contributed by atoms with Gasteiger partial charge in [0.1, 0.15) is 4.88 Å². The largest absolute Gasteiger partial charge is 0.481 e. The van der Waals surface area contributed by atoms with E-state index in [9.17, 15) is 9.59 Å². The van der Waals surface area contributed by atoms with Crippen LogP contribution in [0, 0.1) is 0 Å². The van der Waals surface area contributed by atoms with Gasteiger partial charge in [0, 0.05) is 32.4 Å². The van der Waals surface area contributed by atoms with Crippen molar-refractivity contribution in [1.82, 2.24) is 9.47 Å². The molecule has 6 heteroatoms. The van der Waals surface area contributed by atoms with Gasteiger partial charge in [0.15, 0.2) is 0 Å². The van der Waals surface area contributed by atoms with Crippen molar-refractivity contribution in [2.45, 2.75) is 12.8 Å². The summed E-state index contributed by atoms with van der Waals surface area (Å²) in [6.07, 6.45) is 4.32. The average Bonchev–Trinajstić information content (AvgIpc) is 3.07. The van der Waals surface area contributed by atoms with Gasteiger partial charge in [0.2, 0.25) is 0 Å². The molecular weight excluding hydrogens is 276 g/mol. The van der Waals surface area contributed by atoms with E-state index in [-0.39, 0.29) is 12.3 Å². The van der Waals surface area contributed by atoms with E-state index in [4.69, 9.17) is 5.11 Å². The monoisotopic (exact) mass is 292 g/mol. The minimum Gasteiger partial charge on any atom is -0.481 e.